The lowest BCUT2D eigenvalue weighted by Gasteiger charge is -2.18. The van der Waals surface area contributed by atoms with Crippen LogP contribution >= 0.6 is 31.9 Å². The Balaban J connectivity index is 2.06. The van der Waals surface area contributed by atoms with Crippen molar-refractivity contribution in [2.45, 2.75) is 4.90 Å². The van der Waals surface area contributed by atoms with Gasteiger partial charge in [-0.3, -0.25) is 0 Å². The summed E-state index contributed by atoms with van der Waals surface area (Å²) in [7, 11) is -3.97. The number of halogens is 2. The first-order valence-electron chi connectivity index (χ1n) is 7.13. The summed E-state index contributed by atoms with van der Waals surface area (Å²) in [6.45, 7) is 0.894. The molecule has 0 saturated heterocycles. The summed E-state index contributed by atoms with van der Waals surface area (Å²) in [4.78, 5) is -0.338. The Bertz CT molecular complexity index is 1010. The molecule has 0 saturated carbocycles. The average Bonchev–Trinajstić information content (AvgIpc) is 2.61. The summed E-state index contributed by atoms with van der Waals surface area (Å²) in [6, 6.07) is 11.6. The Hall–Kier alpha value is -1.82. The molecule has 0 spiro atoms. The van der Waals surface area contributed by atoms with E-state index in [-0.39, 0.29) is 9.80 Å². The maximum absolute atomic E-state index is 12.8. The third-order valence-corrected chi connectivity index (χ3v) is 6.60. The molecule has 5 nitrogen and oxygen atoms in total. The minimum absolute atomic E-state index is 0.0206. The minimum Gasteiger partial charge on any atom is -0.486 e. The molecule has 0 bridgehead atoms. The molecule has 0 amide bonds. The number of benzene rings is 2. The van der Waals surface area contributed by atoms with Crippen LogP contribution in [0, 0.1) is 11.3 Å². The third kappa shape index (κ3) is 3.73. The summed E-state index contributed by atoms with van der Waals surface area (Å²) < 4.78 is 37.6. The van der Waals surface area contributed by atoms with Crippen molar-refractivity contribution < 1.29 is 17.9 Å². The minimum atomic E-state index is -3.97. The Morgan fingerprint density at radius 3 is 2.52 bits per heavy atom. The highest BCUT2D eigenvalue weighted by Crippen LogP contribution is 2.33. The van der Waals surface area contributed by atoms with Crippen LogP contribution in [0.4, 0.5) is 0 Å². The monoisotopic (exact) mass is 483 g/mol. The Kier molecular flexibility index (Phi) is 5.18. The highest BCUT2D eigenvalue weighted by molar-refractivity contribution is 9.11. The topological polar surface area (TPSA) is 76.4 Å². The fourth-order valence-electron chi connectivity index (χ4n) is 2.27. The number of hydrogen-bond donors (Lipinski definition) is 0. The molecule has 2 aromatic rings. The number of nitriles is 1. The van der Waals surface area contributed by atoms with Crippen molar-refractivity contribution in [3.63, 3.8) is 0 Å². The van der Waals surface area contributed by atoms with Crippen molar-refractivity contribution >= 4 is 47.8 Å². The van der Waals surface area contributed by atoms with Gasteiger partial charge in [-0.2, -0.15) is 5.26 Å². The number of nitrogens with zero attached hydrogens (tertiary/aromatic N) is 1. The lowest BCUT2D eigenvalue weighted by Crippen LogP contribution is -2.15. The smallest absolute Gasteiger partial charge is 0.217 e. The molecule has 0 aliphatic carbocycles. The van der Waals surface area contributed by atoms with E-state index in [4.69, 9.17) is 9.47 Å². The second-order valence-electron chi connectivity index (χ2n) is 5.10. The summed E-state index contributed by atoms with van der Waals surface area (Å²) in [5.41, 5.74) is 0.537. The molecule has 0 radical (unpaired) electrons. The van der Waals surface area contributed by atoms with E-state index < -0.39 is 9.84 Å². The molecule has 128 valence electrons. The molecule has 3 rings (SSSR count). The van der Waals surface area contributed by atoms with Crippen molar-refractivity contribution in [1.82, 2.24) is 0 Å². The van der Waals surface area contributed by atoms with Gasteiger partial charge in [0.05, 0.1) is 4.90 Å². The lowest BCUT2D eigenvalue weighted by atomic mass is 10.2. The summed E-state index contributed by atoms with van der Waals surface area (Å²) in [5, 5.41) is 9.40. The van der Waals surface area contributed by atoms with Crippen molar-refractivity contribution in [3.05, 3.63) is 55.8 Å². The maximum Gasteiger partial charge on any atom is 0.217 e. The zero-order valence-electron chi connectivity index (χ0n) is 12.7. The highest BCUT2D eigenvalue weighted by atomic mass is 79.9. The van der Waals surface area contributed by atoms with Crippen LogP contribution in [0.15, 0.2) is 55.1 Å². The largest absolute Gasteiger partial charge is 0.486 e. The normalized spacial score (nSPS) is 14.0. The van der Waals surface area contributed by atoms with Gasteiger partial charge in [0, 0.05) is 8.95 Å². The number of allylic oxidation sites excluding steroid dienone is 1. The van der Waals surface area contributed by atoms with Gasteiger partial charge in [0.15, 0.2) is 11.5 Å². The highest BCUT2D eigenvalue weighted by Gasteiger charge is 2.24. The van der Waals surface area contributed by atoms with E-state index >= 15 is 0 Å². The van der Waals surface area contributed by atoms with E-state index in [1.54, 1.807) is 36.4 Å². The molecule has 0 N–H and O–H groups in total. The first-order chi connectivity index (χ1) is 11.9. The van der Waals surface area contributed by atoms with E-state index in [2.05, 4.69) is 31.9 Å². The van der Waals surface area contributed by atoms with Gasteiger partial charge in [0.2, 0.25) is 9.84 Å². The van der Waals surface area contributed by atoms with Gasteiger partial charge in [-0.1, -0.05) is 22.0 Å². The fraction of sp³-hybridized carbons (Fsp3) is 0.118. The van der Waals surface area contributed by atoms with E-state index in [9.17, 15) is 13.7 Å². The summed E-state index contributed by atoms with van der Waals surface area (Å²) in [6.07, 6.45) is 1.32. The van der Waals surface area contributed by atoms with Crippen LogP contribution in [-0.4, -0.2) is 21.6 Å². The molecule has 1 aliphatic rings. The van der Waals surface area contributed by atoms with Crippen LogP contribution in [0.2, 0.25) is 0 Å². The van der Waals surface area contributed by atoms with Gasteiger partial charge >= 0.3 is 0 Å². The zero-order valence-corrected chi connectivity index (χ0v) is 16.7. The van der Waals surface area contributed by atoms with Crippen LogP contribution in [0.25, 0.3) is 6.08 Å². The van der Waals surface area contributed by atoms with Gasteiger partial charge in [-0.15, -0.1) is 0 Å². The second kappa shape index (κ2) is 7.20. The van der Waals surface area contributed by atoms with Gasteiger partial charge in [0.1, 0.15) is 24.2 Å². The van der Waals surface area contributed by atoms with E-state index in [0.717, 1.165) is 0 Å². The van der Waals surface area contributed by atoms with Crippen LogP contribution in [0.1, 0.15) is 5.56 Å². The summed E-state index contributed by atoms with van der Waals surface area (Å²) >= 11 is 6.48. The second-order valence-corrected chi connectivity index (χ2v) is 8.76. The number of hydrogen-bond acceptors (Lipinski definition) is 5. The average molecular weight is 485 g/mol. The first kappa shape index (κ1) is 18.0. The zero-order chi connectivity index (χ0) is 18.0. The van der Waals surface area contributed by atoms with E-state index in [0.29, 0.717) is 39.2 Å². The Labute approximate surface area is 162 Å². The molecule has 2 aromatic carbocycles. The predicted molar refractivity (Wildman–Crippen MR) is 100 cm³/mol. The summed E-state index contributed by atoms with van der Waals surface area (Å²) in [5.74, 6) is 1.12. The molecule has 0 atom stereocenters. The standard InChI is InChI=1S/C17H11Br2NO4S/c18-12-2-3-14(19)17(9-12)25(21,22)13(10-20)7-11-1-4-15-16(8-11)24-6-5-23-15/h1-4,7-9H,5-6H2. The van der Waals surface area contributed by atoms with Crippen molar-refractivity contribution in [2.24, 2.45) is 0 Å². The van der Waals surface area contributed by atoms with Crippen LogP contribution < -0.4 is 9.47 Å². The van der Waals surface area contributed by atoms with Crippen molar-refractivity contribution in [1.29, 1.82) is 5.26 Å². The lowest BCUT2D eigenvalue weighted by molar-refractivity contribution is 0.171. The first-order valence-corrected chi connectivity index (χ1v) is 10.2. The molecule has 0 aromatic heterocycles. The molecular weight excluding hydrogens is 474 g/mol. The van der Waals surface area contributed by atoms with Crippen molar-refractivity contribution in [2.75, 3.05) is 13.2 Å². The molecular formula is C17H11Br2NO4S. The fourth-order valence-corrected chi connectivity index (χ4v) is 4.93. The Morgan fingerprint density at radius 2 is 1.80 bits per heavy atom. The quantitative estimate of drug-likeness (QED) is 0.606. The molecule has 25 heavy (non-hydrogen) atoms. The molecule has 1 aliphatic heterocycles. The third-order valence-electron chi connectivity index (χ3n) is 3.45. The van der Waals surface area contributed by atoms with Gasteiger partial charge in [0.25, 0.3) is 0 Å². The van der Waals surface area contributed by atoms with Crippen LogP contribution in [-0.2, 0) is 9.84 Å². The number of rotatable bonds is 3. The van der Waals surface area contributed by atoms with Crippen LogP contribution in [0.3, 0.4) is 0 Å². The van der Waals surface area contributed by atoms with E-state index in [1.807, 2.05) is 0 Å². The molecule has 0 unspecified atom stereocenters. The molecule has 8 heteroatoms. The SMILES string of the molecule is N#CC(=Cc1ccc2c(c1)OCCO2)S(=O)(=O)c1cc(Br)ccc1Br. The number of fused-ring (bicyclic) bond motifs is 1. The van der Waals surface area contributed by atoms with Crippen LogP contribution in [0.5, 0.6) is 11.5 Å². The van der Waals surface area contributed by atoms with Gasteiger partial charge < -0.3 is 9.47 Å². The number of ether oxygens (including phenoxy) is 2. The van der Waals surface area contributed by atoms with Crippen molar-refractivity contribution in [3.8, 4) is 17.6 Å². The molecule has 1 heterocycles. The Morgan fingerprint density at radius 1 is 1.08 bits per heavy atom. The van der Waals surface area contributed by atoms with E-state index in [1.165, 1.54) is 12.1 Å². The number of sulfone groups is 1. The van der Waals surface area contributed by atoms with Gasteiger partial charge in [-0.25, -0.2) is 8.42 Å². The molecule has 0 fully saturated rings. The predicted octanol–water partition coefficient (Wildman–Crippen LogP) is 4.32. The van der Waals surface area contributed by atoms with Gasteiger partial charge in [-0.05, 0) is 57.9 Å². The maximum atomic E-state index is 12.8.